The molecule has 0 amide bonds. The summed E-state index contributed by atoms with van der Waals surface area (Å²) >= 11 is 13.9. The van der Waals surface area contributed by atoms with Crippen LogP contribution in [0.2, 0.25) is 0 Å². The number of hydrogen-bond acceptors (Lipinski definition) is 2. The summed E-state index contributed by atoms with van der Waals surface area (Å²) in [5, 5.41) is 5.59. The van der Waals surface area contributed by atoms with Gasteiger partial charge in [0.05, 0.1) is 0 Å². The molecule has 0 atom stereocenters. The van der Waals surface area contributed by atoms with E-state index in [9.17, 15) is 0 Å². The van der Waals surface area contributed by atoms with Crippen molar-refractivity contribution in [2.24, 2.45) is 0 Å². The van der Waals surface area contributed by atoms with Gasteiger partial charge in [-0.05, 0) is 41.3 Å². The zero-order valence-corrected chi connectivity index (χ0v) is 17.9. The Morgan fingerprint density at radius 2 is 1.31 bits per heavy atom. The van der Waals surface area contributed by atoms with Gasteiger partial charge in [0.1, 0.15) is 0 Å². The van der Waals surface area contributed by atoms with Gasteiger partial charge in [-0.1, -0.05) is 83.9 Å². The summed E-state index contributed by atoms with van der Waals surface area (Å²) in [6.07, 6.45) is 0. The second-order valence-electron chi connectivity index (χ2n) is 7.21. The highest BCUT2D eigenvalue weighted by Crippen LogP contribution is 2.45. The van der Waals surface area contributed by atoms with Crippen molar-refractivity contribution in [3.63, 3.8) is 0 Å². The van der Waals surface area contributed by atoms with E-state index >= 15 is 0 Å². The Bertz CT molecular complexity index is 1120. The van der Waals surface area contributed by atoms with Crippen LogP contribution in [0, 0.1) is 0 Å². The predicted octanol–water partition coefficient (Wildman–Crippen LogP) is 7.33. The van der Waals surface area contributed by atoms with Crippen molar-refractivity contribution in [2.45, 2.75) is 4.33 Å². The summed E-state index contributed by atoms with van der Waals surface area (Å²) in [6.45, 7) is 0. The molecule has 0 aliphatic carbocycles. The van der Waals surface area contributed by atoms with Crippen LogP contribution in [0.5, 0.6) is 0 Å². The quantitative estimate of drug-likeness (QED) is 0.340. The number of para-hydroxylation sites is 1. The van der Waals surface area contributed by atoms with Crippen LogP contribution in [-0.4, -0.2) is 14.1 Å². The van der Waals surface area contributed by atoms with E-state index in [2.05, 4.69) is 17.4 Å². The minimum atomic E-state index is -1.16. The molecule has 4 aromatic rings. The average Bonchev–Trinajstić information content (AvgIpc) is 2.74. The van der Waals surface area contributed by atoms with E-state index in [-0.39, 0.29) is 0 Å². The van der Waals surface area contributed by atoms with Crippen LogP contribution in [0.4, 0.5) is 17.1 Å². The van der Waals surface area contributed by atoms with E-state index in [1.165, 1.54) is 0 Å². The Balaban J connectivity index is 1.79. The fraction of sp³-hybridized carbons (Fsp3) is 0.120. The lowest BCUT2D eigenvalue weighted by molar-refractivity contribution is 1.05. The molecule has 0 radical (unpaired) electrons. The van der Waals surface area contributed by atoms with Crippen LogP contribution in [-0.2, 0) is 4.33 Å². The number of benzene rings is 4. The van der Waals surface area contributed by atoms with Gasteiger partial charge >= 0.3 is 0 Å². The van der Waals surface area contributed by atoms with Gasteiger partial charge in [0.2, 0.25) is 0 Å². The summed E-state index contributed by atoms with van der Waals surface area (Å²) in [6, 6.07) is 30.4. The number of alkyl halides is 2. The molecule has 0 aliphatic heterocycles. The molecule has 0 fully saturated rings. The maximum Gasteiger partial charge on any atom is 0.168 e. The van der Waals surface area contributed by atoms with Crippen LogP contribution in [0.25, 0.3) is 10.8 Å². The van der Waals surface area contributed by atoms with Gasteiger partial charge in [-0.25, -0.2) is 0 Å². The number of anilines is 3. The van der Waals surface area contributed by atoms with E-state index in [1.807, 2.05) is 97.9 Å². The third-order valence-corrected chi connectivity index (χ3v) is 5.91. The van der Waals surface area contributed by atoms with Crippen molar-refractivity contribution in [1.29, 1.82) is 0 Å². The topological polar surface area (TPSA) is 15.3 Å². The third kappa shape index (κ3) is 3.91. The first-order valence-electron chi connectivity index (χ1n) is 9.47. The van der Waals surface area contributed by atoms with E-state index < -0.39 is 4.33 Å². The number of nitrogens with zero attached hydrogens (tertiary/aromatic N) is 1. The van der Waals surface area contributed by atoms with E-state index in [0.717, 1.165) is 39.0 Å². The first-order valence-corrected chi connectivity index (χ1v) is 10.2. The third-order valence-electron chi connectivity index (χ3n) is 5.06. The monoisotopic (exact) mass is 420 g/mol. The van der Waals surface area contributed by atoms with E-state index in [4.69, 9.17) is 23.2 Å². The second kappa shape index (κ2) is 7.98. The zero-order chi connectivity index (χ0) is 20.4. The van der Waals surface area contributed by atoms with Crippen LogP contribution in [0.3, 0.4) is 0 Å². The molecule has 4 aromatic carbocycles. The highest BCUT2D eigenvalue weighted by atomic mass is 35.5. The fourth-order valence-corrected chi connectivity index (χ4v) is 4.06. The zero-order valence-electron chi connectivity index (χ0n) is 16.4. The lowest BCUT2D eigenvalue weighted by atomic mass is 9.96. The van der Waals surface area contributed by atoms with Gasteiger partial charge in [-0.2, -0.15) is 0 Å². The molecule has 4 heteroatoms. The highest BCUT2D eigenvalue weighted by molar-refractivity contribution is 6.50. The fourth-order valence-electron chi connectivity index (χ4n) is 3.48. The maximum atomic E-state index is 6.94. The Labute approximate surface area is 181 Å². The standard InChI is InChI=1S/C25H22Cl2N2/c1-29(2)20-14-12-18(13-15-20)25(26,27)23-16-17-24(22-11-7-6-10-21(22)23)28-19-8-4-3-5-9-19/h3-17,28H,1-2H3. The number of hydrogen-bond donors (Lipinski definition) is 1. The number of nitrogens with one attached hydrogen (secondary N) is 1. The van der Waals surface area contributed by atoms with Crippen molar-refractivity contribution in [2.75, 3.05) is 24.3 Å². The maximum absolute atomic E-state index is 6.94. The van der Waals surface area contributed by atoms with Gasteiger partial charge in [0.25, 0.3) is 0 Å². The van der Waals surface area contributed by atoms with Crippen LogP contribution in [0.15, 0.2) is 91.0 Å². The van der Waals surface area contributed by atoms with Crippen molar-refractivity contribution in [3.05, 3.63) is 102 Å². The molecule has 1 N–H and O–H groups in total. The van der Waals surface area contributed by atoms with Crippen molar-refractivity contribution < 1.29 is 0 Å². The van der Waals surface area contributed by atoms with E-state index in [1.54, 1.807) is 0 Å². The molecule has 0 unspecified atom stereocenters. The lowest BCUT2D eigenvalue weighted by Gasteiger charge is -2.24. The molecule has 0 saturated carbocycles. The van der Waals surface area contributed by atoms with E-state index in [0.29, 0.717) is 0 Å². The van der Waals surface area contributed by atoms with Crippen LogP contribution in [0.1, 0.15) is 11.1 Å². The van der Waals surface area contributed by atoms with Crippen LogP contribution < -0.4 is 10.2 Å². The van der Waals surface area contributed by atoms with Gasteiger partial charge in [0.15, 0.2) is 4.33 Å². The largest absolute Gasteiger partial charge is 0.378 e. The summed E-state index contributed by atoms with van der Waals surface area (Å²) in [5.74, 6) is 0. The molecule has 29 heavy (non-hydrogen) atoms. The molecule has 2 nitrogen and oxygen atoms in total. The Morgan fingerprint density at radius 3 is 1.97 bits per heavy atom. The SMILES string of the molecule is CN(C)c1ccc(C(Cl)(Cl)c2ccc(Nc3ccccc3)c3ccccc23)cc1. The summed E-state index contributed by atoms with van der Waals surface area (Å²) < 4.78 is -1.16. The Morgan fingerprint density at radius 1 is 0.690 bits per heavy atom. The minimum absolute atomic E-state index is 0.848. The number of halogens is 2. The molecular weight excluding hydrogens is 399 g/mol. The average molecular weight is 421 g/mol. The summed E-state index contributed by atoms with van der Waals surface area (Å²) in [5.41, 5.74) is 4.87. The molecule has 4 rings (SSSR count). The summed E-state index contributed by atoms with van der Waals surface area (Å²) in [4.78, 5) is 2.05. The Kier molecular flexibility index (Phi) is 5.40. The smallest absolute Gasteiger partial charge is 0.168 e. The van der Waals surface area contributed by atoms with Crippen LogP contribution >= 0.6 is 23.2 Å². The summed E-state index contributed by atoms with van der Waals surface area (Å²) in [7, 11) is 4.02. The molecule has 0 heterocycles. The molecular formula is C25H22Cl2N2. The molecule has 0 aliphatic rings. The normalized spacial score (nSPS) is 11.4. The molecule has 0 saturated heterocycles. The predicted molar refractivity (Wildman–Crippen MR) is 127 cm³/mol. The lowest BCUT2D eigenvalue weighted by Crippen LogP contribution is -2.14. The first kappa shape index (κ1) is 19.6. The minimum Gasteiger partial charge on any atom is -0.378 e. The Hall–Kier alpha value is -2.68. The van der Waals surface area contributed by atoms with Gasteiger partial charge in [-0.3, -0.25) is 0 Å². The van der Waals surface area contributed by atoms with Gasteiger partial charge < -0.3 is 10.2 Å². The number of rotatable bonds is 5. The second-order valence-corrected chi connectivity index (χ2v) is 8.54. The highest BCUT2D eigenvalue weighted by Gasteiger charge is 2.31. The first-order chi connectivity index (χ1) is 14.0. The number of fused-ring (bicyclic) bond motifs is 1. The molecule has 146 valence electrons. The van der Waals surface area contributed by atoms with Gasteiger partial charge in [0, 0.05) is 42.1 Å². The van der Waals surface area contributed by atoms with Gasteiger partial charge in [-0.15, -0.1) is 0 Å². The molecule has 0 spiro atoms. The molecule has 0 aromatic heterocycles. The van der Waals surface area contributed by atoms with Crippen molar-refractivity contribution >= 4 is 51.0 Å². The van der Waals surface area contributed by atoms with Crippen molar-refractivity contribution in [3.8, 4) is 0 Å². The molecule has 0 bridgehead atoms. The van der Waals surface area contributed by atoms with Crippen molar-refractivity contribution in [1.82, 2.24) is 0 Å².